The molecule has 1 amide bonds. The van der Waals surface area contributed by atoms with Crippen molar-refractivity contribution in [1.29, 1.82) is 0 Å². The summed E-state index contributed by atoms with van der Waals surface area (Å²) in [6.45, 7) is 5.98. The molecule has 4 heteroatoms. The van der Waals surface area contributed by atoms with Crippen molar-refractivity contribution in [2.75, 3.05) is 20.1 Å². The summed E-state index contributed by atoms with van der Waals surface area (Å²) in [5, 5.41) is 3.32. The number of nitrogens with one attached hydrogen (secondary N) is 1. The molecule has 4 nitrogen and oxygen atoms in total. The Bertz CT molecular complexity index is 283. The van der Waals surface area contributed by atoms with Crippen molar-refractivity contribution in [2.24, 2.45) is 5.92 Å². The number of hydrogen-bond donors (Lipinski definition) is 1. The Kier molecular flexibility index (Phi) is 4.05. The van der Waals surface area contributed by atoms with Crippen LogP contribution in [0.3, 0.4) is 0 Å². The predicted molar refractivity (Wildman–Crippen MR) is 66.8 cm³/mol. The van der Waals surface area contributed by atoms with Gasteiger partial charge in [0.15, 0.2) is 0 Å². The number of carbonyl (C=O) groups excluding carboxylic acids is 1. The first kappa shape index (κ1) is 12.8. The molecule has 2 saturated heterocycles. The summed E-state index contributed by atoms with van der Waals surface area (Å²) >= 11 is 0. The largest absolute Gasteiger partial charge is 0.365 e. The average molecular weight is 240 g/mol. The Labute approximate surface area is 104 Å². The third-order valence-electron chi connectivity index (χ3n) is 4.10. The quantitative estimate of drug-likeness (QED) is 0.783. The Morgan fingerprint density at radius 3 is 2.59 bits per heavy atom. The Hall–Kier alpha value is -0.610. The van der Waals surface area contributed by atoms with Crippen LogP contribution in [-0.2, 0) is 9.53 Å². The van der Waals surface area contributed by atoms with Crippen molar-refractivity contribution in [3.8, 4) is 0 Å². The molecule has 2 aliphatic heterocycles. The number of likely N-dealkylation sites (tertiary alicyclic amines) is 1. The van der Waals surface area contributed by atoms with Gasteiger partial charge in [0.05, 0.1) is 6.10 Å². The molecule has 2 rings (SSSR count). The molecule has 2 heterocycles. The molecule has 0 bridgehead atoms. The van der Waals surface area contributed by atoms with Crippen molar-refractivity contribution in [3.63, 3.8) is 0 Å². The second kappa shape index (κ2) is 5.36. The van der Waals surface area contributed by atoms with Gasteiger partial charge in [-0.25, -0.2) is 0 Å². The molecule has 0 saturated carbocycles. The van der Waals surface area contributed by atoms with Crippen LogP contribution >= 0.6 is 0 Å². The second-order valence-electron chi connectivity index (χ2n) is 5.46. The minimum absolute atomic E-state index is 0.177. The summed E-state index contributed by atoms with van der Waals surface area (Å²) in [7, 11) is 2.00. The van der Waals surface area contributed by atoms with E-state index < -0.39 is 0 Å². The van der Waals surface area contributed by atoms with Gasteiger partial charge in [-0.15, -0.1) is 0 Å². The lowest BCUT2D eigenvalue weighted by atomic mass is 9.93. The predicted octanol–water partition coefficient (Wildman–Crippen LogP) is 1.01. The number of amides is 1. The number of rotatable bonds is 2. The minimum Gasteiger partial charge on any atom is -0.365 e. The lowest BCUT2D eigenvalue weighted by molar-refractivity contribution is -0.144. The molecule has 0 radical (unpaired) electrons. The highest BCUT2D eigenvalue weighted by Crippen LogP contribution is 2.23. The normalized spacial score (nSPS) is 38.4. The maximum atomic E-state index is 12.3. The van der Waals surface area contributed by atoms with Gasteiger partial charge in [0.1, 0.15) is 6.10 Å². The van der Waals surface area contributed by atoms with E-state index in [1.54, 1.807) is 0 Å². The maximum Gasteiger partial charge on any atom is 0.251 e. The molecule has 4 atom stereocenters. The summed E-state index contributed by atoms with van der Waals surface area (Å²) in [6, 6.07) is 0.544. The van der Waals surface area contributed by atoms with E-state index in [9.17, 15) is 4.79 Å². The zero-order valence-corrected chi connectivity index (χ0v) is 11.1. The fraction of sp³-hybridized carbons (Fsp3) is 0.923. The Morgan fingerprint density at radius 2 is 2.06 bits per heavy atom. The number of hydrogen-bond acceptors (Lipinski definition) is 3. The highest BCUT2D eigenvalue weighted by molar-refractivity contribution is 5.81. The molecule has 0 aromatic carbocycles. The van der Waals surface area contributed by atoms with Gasteiger partial charge in [0, 0.05) is 19.1 Å². The molecule has 1 N–H and O–H groups in total. The first-order valence-corrected chi connectivity index (χ1v) is 6.73. The van der Waals surface area contributed by atoms with Gasteiger partial charge in [0.25, 0.3) is 5.91 Å². The summed E-state index contributed by atoms with van der Waals surface area (Å²) in [6.07, 6.45) is 3.02. The van der Waals surface area contributed by atoms with Gasteiger partial charge >= 0.3 is 0 Å². The van der Waals surface area contributed by atoms with Crippen molar-refractivity contribution >= 4 is 5.91 Å². The first-order chi connectivity index (χ1) is 8.11. The highest BCUT2D eigenvalue weighted by atomic mass is 16.5. The smallest absolute Gasteiger partial charge is 0.251 e. The van der Waals surface area contributed by atoms with Gasteiger partial charge in [-0.05, 0) is 39.2 Å². The fourth-order valence-corrected chi connectivity index (χ4v) is 2.96. The number of piperidine rings is 1. The molecule has 98 valence electrons. The summed E-state index contributed by atoms with van der Waals surface area (Å²) in [4.78, 5) is 14.3. The third-order valence-corrected chi connectivity index (χ3v) is 4.10. The standard InChI is InChI=1S/C13H24N2O2/c1-9-8-15(7-6-11(9)14-3)13(16)12-5-4-10(2)17-12/h9-12,14H,4-8H2,1-3H3. The molecule has 0 aliphatic carbocycles. The van der Waals surface area contributed by atoms with Gasteiger partial charge < -0.3 is 15.0 Å². The van der Waals surface area contributed by atoms with E-state index in [2.05, 4.69) is 12.2 Å². The number of ether oxygens (including phenoxy) is 1. The first-order valence-electron chi connectivity index (χ1n) is 6.73. The van der Waals surface area contributed by atoms with Crippen LogP contribution in [0.25, 0.3) is 0 Å². The van der Waals surface area contributed by atoms with Crippen LogP contribution in [0.15, 0.2) is 0 Å². The van der Waals surface area contributed by atoms with Crippen LogP contribution < -0.4 is 5.32 Å². The SMILES string of the molecule is CNC1CCN(C(=O)C2CCC(C)O2)CC1C. The summed E-state index contributed by atoms with van der Waals surface area (Å²) in [5.74, 6) is 0.729. The monoisotopic (exact) mass is 240 g/mol. The average Bonchev–Trinajstić information content (AvgIpc) is 2.75. The fourth-order valence-electron chi connectivity index (χ4n) is 2.96. The van der Waals surface area contributed by atoms with Gasteiger partial charge in [-0.1, -0.05) is 6.92 Å². The van der Waals surface area contributed by atoms with Crippen molar-refractivity contribution in [3.05, 3.63) is 0 Å². The van der Waals surface area contributed by atoms with Crippen LogP contribution in [0.2, 0.25) is 0 Å². The maximum absolute atomic E-state index is 12.3. The number of carbonyl (C=O) groups is 1. The molecular weight excluding hydrogens is 216 g/mol. The molecule has 0 aromatic rings. The third kappa shape index (κ3) is 2.80. The van der Waals surface area contributed by atoms with E-state index in [-0.39, 0.29) is 18.1 Å². The van der Waals surface area contributed by atoms with Gasteiger partial charge in [0.2, 0.25) is 0 Å². The highest BCUT2D eigenvalue weighted by Gasteiger charge is 2.34. The summed E-state index contributed by atoms with van der Waals surface area (Å²) < 4.78 is 5.66. The van der Waals surface area contributed by atoms with Crippen molar-refractivity contribution in [2.45, 2.75) is 51.4 Å². The zero-order valence-electron chi connectivity index (χ0n) is 11.1. The van der Waals surface area contributed by atoms with E-state index in [0.717, 1.165) is 32.4 Å². The van der Waals surface area contributed by atoms with E-state index in [0.29, 0.717) is 12.0 Å². The second-order valence-corrected chi connectivity index (χ2v) is 5.46. The van der Waals surface area contributed by atoms with Crippen LogP contribution in [0.5, 0.6) is 0 Å². The van der Waals surface area contributed by atoms with E-state index in [4.69, 9.17) is 4.74 Å². The van der Waals surface area contributed by atoms with Crippen molar-refractivity contribution in [1.82, 2.24) is 10.2 Å². The van der Waals surface area contributed by atoms with Gasteiger partial charge in [-0.3, -0.25) is 4.79 Å². The Balaban J connectivity index is 1.89. The topological polar surface area (TPSA) is 41.6 Å². The Morgan fingerprint density at radius 1 is 1.29 bits per heavy atom. The van der Waals surface area contributed by atoms with Crippen LogP contribution in [0, 0.1) is 5.92 Å². The van der Waals surface area contributed by atoms with Gasteiger partial charge in [-0.2, -0.15) is 0 Å². The lowest BCUT2D eigenvalue weighted by Gasteiger charge is -2.37. The molecule has 2 aliphatic rings. The van der Waals surface area contributed by atoms with Crippen molar-refractivity contribution < 1.29 is 9.53 Å². The molecule has 2 fully saturated rings. The zero-order chi connectivity index (χ0) is 12.4. The van der Waals surface area contributed by atoms with Crippen LogP contribution in [0.1, 0.15) is 33.1 Å². The molecule has 17 heavy (non-hydrogen) atoms. The number of nitrogens with zero attached hydrogens (tertiary/aromatic N) is 1. The molecule has 0 aromatic heterocycles. The van der Waals surface area contributed by atoms with Crippen LogP contribution in [0.4, 0.5) is 0 Å². The molecule has 0 spiro atoms. The van der Waals surface area contributed by atoms with E-state index in [1.807, 2.05) is 18.9 Å². The minimum atomic E-state index is -0.177. The van der Waals surface area contributed by atoms with E-state index >= 15 is 0 Å². The summed E-state index contributed by atoms with van der Waals surface area (Å²) in [5.41, 5.74) is 0. The lowest BCUT2D eigenvalue weighted by Crippen LogP contribution is -2.51. The molecular formula is C13H24N2O2. The van der Waals surface area contributed by atoms with Crippen LogP contribution in [-0.4, -0.2) is 49.2 Å². The van der Waals surface area contributed by atoms with E-state index in [1.165, 1.54) is 0 Å². The molecule has 4 unspecified atom stereocenters.